The number of aromatic nitrogens is 2. The standard InChI is InChI=1S/C23H22FN3O.ClH/c24-20-12-5-4-9-18(20)17-27-22-14-7-6-13-21(22)26(23(27)25)15-8-16-28-19-10-2-1-3-11-19;/h1-7,9-14,25H,8,15-17H2;1H/p-1. The molecule has 1 aromatic heterocycles. The van der Waals surface area contributed by atoms with Gasteiger partial charge in [0.15, 0.2) is 0 Å². The van der Waals surface area contributed by atoms with Gasteiger partial charge in [-0.25, -0.2) is 4.39 Å². The highest BCUT2D eigenvalue weighted by atomic mass is 35.5. The Kier molecular flexibility index (Phi) is 6.73. The molecule has 0 spiro atoms. The lowest BCUT2D eigenvalue weighted by Gasteiger charge is -2.08. The molecule has 29 heavy (non-hydrogen) atoms. The Morgan fingerprint density at radius 1 is 0.793 bits per heavy atom. The summed E-state index contributed by atoms with van der Waals surface area (Å²) in [6.45, 7) is 1.57. The molecule has 4 rings (SSSR count). The maximum Gasteiger partial charge on any atom is 0.203 e. The molecule has 0 aliphatic heterocycles. The van der Waals surface area contributed by atoms with Gasteiger partial charge in [0.25, 0.3) is 0 Å². The zero-order chi connectivity index (χ0) is 19.3. The normalized spacial score (nSPS) is 10.7. The molecule has 4 aromatic rings. The molecule has 6 heteroatoms. The largest absolute Gasteiger partial charge is 1.00 e. The minimum atomic E-state index is -0.248. The smallest absolute Gasteiger partial charge is 0.203 e. The Labute approximate surface area is 175 Å². The number of imidazole rings is 1. The van der Waals surface area contributed by atoms with E-state index in [0.29, 0.717) is 30.9 Å². The summed E-state index contributed by atoms with van der Waals surface area (Å²) in [6, 6.07) is 24.3. The van der Waals surface area contributed by atoms with E-state index in [1.807, 2.05) is 69.8 Å². The van der Waals surface area contributed by atoms with E-state index in [4.69, 9.17) is 10.1 Å². The fraction of sp³-hybridized carbons (Fsp3) is 0.174. The molecule has 0 amide bonds. The van der Waals surface area contributed by atoms with Crippen LogP contribution in [0.5, 0.6) is 5.75 Å². The van der Waals surface area contributed by atoms with Crippen LogP contribution in [-0.2, 0) is 13.1 Å². The fourth-order valence-electron chi connectivity index (χ4n) is 3.41. The third kappa shape index (κ3) is 4.51. The van der Waals surface area contributed by atoms with E-state index in [1.165, 1.54) is 6.07 Å². The predicted octanol–water partition coefficient (Wildman–Crippen LogP) is 1.58. The second-order valence-corrected chi connectivity index (χ2v) is 6.66. The first-order chi connectivity index (χ1) is 13.7. The van der Waals surface area contributed by atoms with E-state index >= 15 is 0 Å². The van der Waals surface area contributed by atoms with Crippen molar-refractivity contribution in [2.45, 2.75) is 19.5 Å². The molecule has 0 fully saturated rings. The highest BCUT2D eigenvalue weighted by Gasteiger charge is 2.12. The molecular weight excluding hydrogens is 389 g/mol. The molecule has 1 heterocycles. The van der Waals surface area contributed by atoms with Crippen molar-refractivity contribution in [1.82, 2.24) is 9.13 Å². The van der Waals surface area contributed by atoms with Gasteiger partial charge in [0, 0.05) is 12.1 Å². The van der Waals surface area contributed by atoms with Crippen LogP contribution in [0.15, 0.2) is 78.9 Å². The predicted molar refractivity (Wildman–Crippen MR) is 108 cm³/mol. The summed E-state index contributed by atoms with van der Waals surface area (Å²) in [6.07, 6.45) is 0.777. The molecule has 4 nitrogen and oxygen atoms in total. The molecule has 0 atom stereocenters. The third-order valence-electron chi connectivity index (χ3n) is 4.80. The molecule has 0 aliphatic rings. The van der Waals surface area contributed by atoms with E-state index in [9.17, 15) is 4.39 Å². The van der Waals surface area contributed by atoms with E-state index in [-0.39, 0.29) is 18.2 Å². The van der Waals surface area contributed by atoms with Gasteiger partial charge in [-0.15, -0.1) is 0 Å². The SMILES string of the molecule is N=c1n(CCCOc2ccccc2)c2ccccc2n1Cc1ccccc1F.[Cl-]. The van der Waals surface area contributed by atoms with Crippen molar-refractivity contribution in [2.75, 3.05) is 6.61 Å². The van der Waals surface area contributed by atoms with E-state index < -0.39 is 0 Å². The summed E-state index contributed by atoms with van der Waals surface area (Å²) in [5.74, 6) is 0.600. The lowest BCUT2D eigenvalue weighted by Crippen LogP contribution is -3.00. The summed E-state index contributed by atoms with van der Waals surface area (Å²) < 4.78 is 23.7. The van der Waals surface area contributed by atoms with Gasteiger partial charge in [0.05, 0.1) is 24.2 Å². The average Bonchev–Trinajstić information content (AvgIpc) is 2.99. The van der Waals surface area contributed by atoms with Crippen LogP contribution in [0.4, 0.5) is 4.39 Å². The number of aryl methyl sites for hydroxylation is 1. The molecule has 1 N–H and O–H groups in total. The Morgan fingerprint density at radius 2 is 1.41 bits per heavy atom. The molecule has 0 saturated carbocycles. The fourth-order valence-corrected chi connectivity index (χ4v) is 3.41. The van der Waals surface area contributed by atoms with Crippen molar-refractivity contribution in [3.05, 3.63) is 95.9 Å². The van der Waals surface area contributed by atoms with Gasteiger partial charge in [0.2, 0.25) is 5.62 Å². The van der Waals surface area contributed by atoms with E-state index in [0.717, 1.165) is 23.2 Å². The lowest BCUT2D eigenvalue weighted by atomic mass is 10.2. The summed E-state index contributed by atoms with van der Waals surface area (Å²) in [5, 5.41) is 8.66. The first-order valence-corrected chi connectivity index (χ1v) is 9.38. The lowest BCUT2D eigenvalue weighted by molar-refractivity contribution is -0.00000693. The monoisotopic (exact) mass is 410 g/mol. The van der Waals surface area contributed by atoms with E-state index in [2.05, 4.69) is 0 Å². The van der Waals surface area contributed by atoms with Gasteiger partial charge in [0.1, 0.15) is 11.6 Å². The summed E-state index contributed by atoms with van der Waals surface area (Å²) in [5.41, 5.74) is 2.85. The van der Waals surface area contributed by atoms with Crippen LogP contribution in [-0.4, -0.2) is 15.7 Å². The van der Waals surface area contributed by atoms with Gasteiger partial charge >= 0.3 is 0 Å². The van der Waals surface area contributed by atoms with Crippen molar-refractivity contribution in [3.63, 3.8) is 0 Å². The highest BCUT2D eigenvalue weighted by molar-refractivity contribution is 5.76. The molecule has 3 aromatic carbocycles. The second-order valence-electron chi connectivity index (χ2n) is 6.66. The Morgan fingerprint density at radius 3 is 2.14 bits per heavy atom. The Bertz CT molecular complexity index is 1140. The maximum atomic E-state index is 14.1. The number of ether oxygens (including phenoxy) is 1. The Balaban J connectivity index is 0.00000240. The summed E-state index contributed by atoms with van der Waals surface area (Å²) in [7, 11) is 0. The van der Waals surface area contributed by atoms with Crippen molar-refractivity contribution in [2.24, 2.45) is 0 Å². The number of para-hydroxylation sites is 3. The summed E-state index contributed by atoms with van der Waals surface area (Å²) >= 11 is 0. The van der Waals surface area contributed by atoms with Crippen LogP contribution < -0.4 is 22.8 Å². The van der Waals surface area contributed by atoms with Crippen molar-refractivity contribution in [3.8, 4) is 5.75 Å². The first kappa shape index (κ1) is 20.7. The number of fused-ring (bicyclic) bond motifs is 1. The zero-order valence-electron chi connectivity index (χ0n) is 15.9. The quantitative estimate of drug-likeness (QED) is 0.462. The number of benzene rings is 3. The van der Waals surface area contributed by atoms with Gasteiger partial charge < -0.3 is 26.3 Å². The van der Waals surface area contributed by atoms with Crippen LogP contribution in [0, 0.1) is 11.2 Å². The third-order valence-corrected chi connectivity index (χ3v) is 4.80. The van der Waals surface area contributed by atoms with Gasteiger partial charge in [-0.2, -0.15) is 0 Å². The molecule has 0 saturated heterocycles. The maximum absolute atomic E-state index is 14.1. The molecular formula is C23H22ClFN3O-. The average molecular weight is 411 g/mol. The van der Waals surface area contributed by atoms with Gasteiger partial charge in [-0.05, 0) is 36.8 Å². The topological polar surface area (TPSA) is 42.9 Å². The van der Waals surface area contributed by atoms with Crippen LogP contribution in [0.3, 0.4) is 0 Å². The zero-order valence-corrected chi connectivity index (χ0v) is 16.6. The van der Waals surface area contributed by atoms with E-state index in [1.54, 1.807) is 12.1 Å². The number of hydrogen-bond donors (Lipinski definition) is 1. The second kappa shape index (κ2) is 9.43. The minimum Gasteiger partial charge on any atom is -1.00 e. The van der Waals surface area contributed by atoms with Crippen LogP contribution in [0.25, 0.3) is 11.0 Å². The number of hydrogen-bond acceptors (Lipinski definition) is 2. The number of nitrogens with one attached hydrogen (secondary N) is 1. The number of nitrogens with zero attached hydrogens (tertiary/aromatic N) is 2. The van der Waals surface area contributed by atoms with Crippen LogP contribution >= 0.6 is 0 Å². The molecule has 0 bridgehead atoms. The van der Waals surface area contributed by atoms with Crippen molar-refractivity contribution in [1.29, 1.82) is 5.41 Å². The summed E-state index contributed by atoms with van der Waals surface area (Å²) in [4.78, 5) is 0. The van der Waals surface area contributed by atoms with Gasteiger partial charge in [-0.1, -0.05) is 48.5 Å². The number of rotatable bonds is 7. The molecule has 0 radical (unpaired) electrons. The van der Waals surface area contributed by atoms with Crippen molar-refractivity contribution < 1.29 is 21.5 Å². The van der Waals surface area contributed by atoms with Crippen molar-refractivity contribution >= 4 is 11.0 Å². The van der Waals surface area contributed by atoms with Gasteiger partial charge in [-0.3, -0.25) is 5.41 Å². The number of halogens is 2. The van der Waals surface area contributed by atoms with Crippen LogP contribution in [0.2, 0.25) is 0 Å². The molecule has 0 unspecified atom stereocenters. The first-order valence-electron chi connectivity index (χ1n) is 9.38. The van der Waals surface area contributed by atoms with Crippen LogP contribution in [0.1, 0.15) is 12.0 Å². The Hall–Kier alpha value is -3.05. The molecule has 150 valence electrons. The molecule has 0 aliphatic carbocycles. The minimum absolute atomic E-state index is 0. The highest BCUT2D eigenvalue weighted by Crippen LogP contribution is 2.16.